The summed E-state index contributed by atoms with van der Waals surface area (Å²) < 4.78 is 5.64. The second-order valence-electron chi connectivity index (χ2n) is 3.36. The summed E-state index contributed by atoms with van der Waals surface area (Å²) in [5.74, 6) is 0.126. The highest BCUT2D eigenvalue weighted by atomic mass is 32.2. The van der Waals surface area contributed by atoms with Crippen LogP contribution in [0.1, 0.15) is 6.42 Å². The predicted molar refractivity (Wildman–Crippen MR) is 69.3 cm³/mol. The Morgan fingerprint density at radius 3 is 2.88 bits per heavy atom. The molecular weight excluding hydrogens is 258 g/mol. The van der Waals surface area contributed by atoms with Crippen LogP contribution in [0.25, 0.3) is 0 Å². The molecule has 0 aliphatic rings. The number of methoxy groups -OCH3 is 1. The van der Waals surface area contributed by atoms with Gasteiger partial charge in [0.25, 0.3) is 0 Å². The molecule has 94 valence electrons. The Bertz CT molecular complexity index is 365. The SMILES string of the molecule is COC(=O)CCN(C)C(=O)CSc1cccs1. The van der Waals surface area contributed by atoms with Crippen molar-refractivity contribution in [3.05, 3.63) is 17.5 Å². The van der Waals surface area contributed by atoms with Crippen LogP contribution in [0.2, 0.25) is 0 Å². The first kappa shape index (κ1) is 14.1. The zero-order valence-corrected chi connectivity index (χ0v) is 11.5. The number of carbonyl (C=O) groups is 2. The molecule has 17 heavy (non-hydrogen) atoms. The molecule has 0 atom stereocenters. The van der Waals surface area contributed by atoms with Gasteiger partial charge in [0.1, 0.15) is 0 Å². The Morgan fingerprint density at radius 1 is 1.53 bits per heavy atom. The average Bonchev–Trinajstić information content (AvgIpc) is 2.85. The number of hydrogen-bond donors (Lipinski definition) is 0. The van der Waals surface area contributed by atoms with Gasteiger partial charge in [0.05, 0.1) is 23.5 Å². The number of esters is 1. The topological polar surface area (TPSA) is 46.6 Å². The van der Waals surface area contributed by atoms with Crippen molar-refractivity contribution in [1.82, 2.24) is 4.90 Å². The maximum absolute atomic E-state index is 11.7. The lowest BCUT2D eigenvalue weighted by Gasteiger charge is -2.15. The van der Waals surface area contributed by atoms with Gasteiger partial charge in [-0.1, -0.05) is 6.07 Å². The summed E-state index contributed by atoms with van der Waals surface area (Å²) >= 11 is 3.13. The van der Waals surface area contributed by atoms with Crippen LogP contribution in [0.15, 0.2) is 21.7 Å². The lowest BCUT2D eigenvalue weighted by molar-refractivity contribution is -0.141. The van der Waals surface area contributed by atoms with Gasteiger partial charge in [0, 0.05) is 13.6 Å². The molecule has 1 aromatic rings. The third-order valence-electron chi connectivity index (χ3n) is 2.14. The van der Waals surface area contributed by atoms with Crippen molar-refractivity contribution < 1.29 is 14.3 Å². The molecule has 0 saturated carbocycles. The zero-order chi connectivity index (χ0) is 12.7. The first-order valence-corrected chi connectivity index (χ1v) is 6.97. The summed E-state index contributed by atoms with van der Waals surface area (Å²) in [6.45, 7) is 0.399. The largest absolute Gasteiger partial charge is 0.469 e. The van der Waals surface area contributed by atoms with E-state index in [2.05, 4.69) is 4.74 Å². The van der Waals surface area contributed by atoms with Crippen molar-refractivity contribution >= 4 is 35.0 Å². The minimum Gasteiger partial charge on any atom is -0.469 e. The molecule has 6 heteroatoms. The number of rotatable bonds is 6. The number of nitrogens with zero attached hydrogens (tertiary/aromatic N) is 1. The van der Waals surface area contributed by atoms with E-state index in [1.165, 1.54) is 18.9 Å². The molecule has 0 spiro atoms. The fraction of sp³-hybridized carbons (Fsp3) is 0.455. The third kappa shape index (κ3) is 5.23. The molecule has 0 N–H and O–H groups in total. The molecule has 1 rings (SSSR count). The van der Waals surface area contributed by atoms with Gasteiger partial charge < -0.3 is 9.64 Å². The van der Waals surface area contributed by atoms with Crippen molar-refractivity contribution in [3.8, 4) is 0 Å². The van der Waals surface area contributed by atoms with E-state index in [1.54, 1.807) is 23.3 Å². The standard InChI is InChI=1S/C11H15NO3S2/c1-12(6-5-10(14)15-2)9(13)8-17-11-4-3-7-16-11/h3-4,7H,5-6,8H2,1-2H3. The lowest BCUT2D eigenvalue weighted by Crippen LogP contribution is -2.30. The number of amides is 1. The lowest BCUT2D eigenvalue weighted by atomic mass is 10.4. The van der Waals surface area contributed by atoms with Gasteiger partial charge in [-0.25, -0.2) is 0 Å². The van der Waals surface area contributed by atoms with E-state index in [9.17, 15) is 9.59 Å². The van der Waals surface area contributed by atoms with Crippen LogP contribution in [0, 0.1) is 0 Å². The van der Waals surface area contributed by atoms with Crippen molar-refractivity contribution in [3.63, 3.8) is 0 Å². The summed E-state index contributed by atoms with van der Waals surface area (Å²) in [6, 6.07) is 3.94. The van der Waals surface area contributed by atoms with Gasteiger partial charge in [-0.2, -0.15) is 0 Å². The van der Waals surface area contributed by atoms with E-state index in [0.717, 1.165) is 4.21 Å². The molecule has 0 bridgehead atoms. The summed E-state index contributed by atoms with van der Waals surface area (Å²) in [6.07, 6.45) is 0.239. The monoisotopic (exact) mass is 273 g/mol. The van der Waals surface area contributed by atoms with Gasteiger partial charge in [-0.05, 0) is 11.4 Å². The Hall–Kier alpha value is -1.01. The van der Waals surface area contributed by atoms with Crippen molar-refractivity contribution in [2.75, 3.05) is 26.5 Å². The average molecular weight is 273 g/mol. The third-order valence-corrected chi connectivity index (χ3v) is 4.25. The smallest absolute Gasteiger partial charge is 0.307 e. The molecule has 0 aromatic carbocycles. The highest BCUT2D eigenvalue weighted by Gasteiger charge is 2.11. The van der Waals surface area contributed by atoms with Crippen LogP contribution in [0.4, 0.5) is 0 Å². The summed E-state index contributed by atoms with van der Waals surface area (Å²) in [7, 11) is 3.04. The van der Waals surface area contributed by atoms with E-state index in [-0.39, 0.29) is 18.3 Å². The molecule has 0 fully saturated rings. The Kier molecular flexibility index (Phi) is 6.07. The molecule has 1 heterocycles. The summed E-state index contributed by atoms with van der Waals surface area (Å²) in [5, 5.41) is 1.98. The Balaban J connectivity index is 2.24. The summed E-state index contributed by atoms with van der Waals surface area (Å²) in [4.78, 5) is 24.2. The molecule has 0 aliphatic heterocycles. The number of thioether (sulfide) groups is 1. The quantitative estimate of drug-likeness (QED) is 0.586. The second kappa shape index (κ2) is 7.34. The van der Waals surface area contributed by atoms with E-state index < -0.39 is 0 Å². The number of hydrogen-bond acceptors (Lipinski definition) is 5. The minimum atomic E-state index is -0.296. The number of thiophene rings is 1. The van der Waals surface area contributed by atoms with Crippen LogP contribution >= 0.6 is 23.1 Å². The Morgan fingerprint density at radius 2 is 2.29 bits per heavy atom. The van der Waals surface area contributed by atoms with E-state index >= 15 is 0 Å². The zero-order valence-electron chi connectivity index (χ0n) is 9.84. The van der Waals surface area contributed by atoms with Crippen LogP contribution in [-0.4, -0.2) is 43.2 Å². The van der Waals surface area contributed by atoms with Gasteiger partial charge in [-0.15, -0.1) is 23.1 Å². The van der Waals surface area contributed by atoms with E-state index in [4.69, 9.17) is 0 Å². The highest BCUT2D eigenvalue weighted by molar-refractivity contribution is 8.01. The fourth-order valence-electron chi connectivity index (χ4n) is 1.07. The first-order chi connectivity index (χ1) is 8.13. The normalized spacial score (nSPS) is 10.0. The second-order valence-corrected chi connectivity index (χ2v) is 5.59. The summed E-state index contributed by atoms with van der Waals surface area (Å²) in [5.41, 5.74) is 0. The predicted octanol–water partition coefficient (Wildman–Crippen LogP) is 1.86. The number of ether oxygens (including phenoxy) is 1. The van der Waals surface area contributed by atoms with Crippen molar-refractivity contribution in [1.29, 1.82) is 0 Å². The molecule has 0 aliphatic carbocycles. The molecule has 1 amide bonds. The molecule has 0 unspecified atom stereocenters. The van der Waals surface area contributed by atoms with Crippen LogP contribution in [0.5, 0.6) is 0 Å². The van der Waals surface area contributed by atoms with Gasteiger partial charge in [-0.3, -0.25) is 9.59 Å². The van der Waals surface area contributed by atoms with Crippen LogP contribution in [0.3, 0.4) is 0 Å². The maximum Gasteiger partial charge on any atom is 0.307 e. The molecular formula is C11H15NO3S2. The molecule has 0 radical (unpaired) electrons. The van der Waals surface area contributed by atoms with Crippen LogP contribution < -0.4 is 0 Å². The first-order valence-electron chi connectivity index (χ1n) is 5.10. The van der Waals surface area contributed by atoms with Crippen molar-refractivity contribution in [2.24, 2.45) is 0 Å². The van der Waals surface area contributed by atoms with E-state index in [1.807, 2.05) is 17.5 Å². The fourth-order valence-corrected chi connectivity index (χ4v) is 2.80. The number of carbonyl (C=O) groups excluding carboxylic acids is 2. The Labute approximate surface area is 109 Å². The van der Waals surface area contributed by atoms with Crippen molar-refractivity contribution in [2.45, 2.75) is 10.6 Å². The molecule has 0 saturated heterocycles. The van der Waals surface area contributed by atoms with Gasteiger partial charge in [0.15, 0.2) is 0 Å². The van der Waals surface area contributed by atoms with Gasteiger partial charge >= 0.3 is 5.97 Å². The molecule has 4 nitrogen and oxygen atoms in total. The van der Waals surface area contributed by atoms with E-state index in [0.29, 0.717) is 12.3 Å². The van der Waals surface area contributed by atoms with Gasteiger partial charge in [0.2, 0.25) is 5.91 Å². The minimum absolute atomic E-state index is 0.0207. The van der Waals surface area contributed by atoms with Crippen LogP contribution in [-0.2, 0) is 14.3 Å². The highest BCUT2D eigenvalue weighted by Crippen LogP contribution is 2.23. The maximum atomic E-state index is 11.7. The molecule has 1 aromatic heterocycles.